The number of amides is 3. The lowest BCUT2D eigenvalue weighted by Crippen LogP contribution is -2.47. The fourth-order valence-electron chi connectivity index (χ4n) is 2.87. The Morgan fingerprint density at radius 3 is 2.30 bits per heavy atom. The lowest BCUT2D eigenvalue weighted by molar-refractivity contribution is -0.137. The summed E-state index contributed by atoms with van der Waals surface area (Å²) in [6.45, 7) is 1.40. The molecular weight excluding hydrogens is 363 g/mol. The van der Waals surface area contributed by atoms with E-state index in [1.807, 2.05) is 0 Å². The maximum absolute atomic E-state index is 12.5. The molecule has 1 aromatic rings. The summed E-state index contributed by atoms with van der Waals surface area (Å²) in [5, 5.41) is 2.71. The average Bonchev–Trinajstić information content (AvgIpc) is 2.64. The van der Waals surface area contributed by atoms with Crippen LogP contribution in [0.1, 0.15) is 18.4 Å². The maximum Gasteiger partial charge on any atom is 0.416 e. The van der Waals surface area contributed by atoms with Gasteiger partial charge in [-0.1, -0.05) is 0 Å². The topological polar surface area (TPSA) is 61.9 Å². The molecule has 1 aliphatic heterocycles. The average molecular weight is 387 g/mol. The van der Waals surface area contributed by atoms with Crippen LogP contribution in [0.3, 0.4) is 0 Å². The number of carbonyl (C=O) groups excluding carboxylic acids is 2. The first-order chi connectivity index (χ1) is 12.7. The lowest BCUT2D eigenvalue weighted by Gasteiger charge is -2.32. The molecule has 1 fully saturated rings. The Labute approximate surface area is 156 Å². The van der Waals surface area contributed by atoms with Crippen molar-refractivity contribution in [3.8, 4) is 5.75 Å². The Bertz CT molecular complexity index is 639. The number of nitrogens with zero attached hydrogens (tertiary/aromatic N) is 2. The second-order valence-electron chi connectivity index (χ2n) is 6.60. The van der Waals surface area contributed by atoms with Gasteiger partial charge in [0, 0.05) is 33.1 Å². The predicted octanol–water partition coefficient (Wildman–Crippen LogP) is 2.59. The van der Waals surface area contributed by atoms with Crippen LogP contribution in [0.15, 0.2) is 24.3 Å². The molecule has 27 heavy (non-hydrogen) atoms. The van der Waals surface area contributed by atoms with Crippen molar-refractivity contribution in [2.75, 3.05) is 40.3 Å². The van der Waals surface area contributed by atoms with E-state index in [-0.39, 0.29) is 31.0 Å². The van der Waals surface area contributed by atoms with Crippen molar-refractivity contribution >= 4 is 11.9 Å². The highest BCUT2D eigenvalue weighted by Crippen LogP contribution is 2.30. The number of carbonyl (C=O) groups is 2. The van der Waals surface area contributed by atoms with Gasteiger partial charge in [-0.25, -0.2) is 4.79 Å². The molecule has 1 aromatic carbocycles. The summed E-state index contributed by atoms with van der Waals surface area (Å²) in [6.07, 6.45) is -3.11. The van der Waals surface area contributed by atoms with Crippen LogP contribution in [0, 0.1) is 5.92 Å². The van der Waals surface area contributed by atoms with E-state index in [2.05, 4.69) is 5.32 Å². The number of hydrogen-bond acceptors (Lipinski definition) is 3. The fraction of sp³-hybridized carbons (Fsp3) is 0.556. The Balaban J connectivity index is 1.67. The number of piperidine rings is 1. The molecule has 0 atom stereocenters. The summed E-state index contributed by atoms with van der Waals surface area (Å²) in [5.41, 5.74) is -0.737. The van der Waals surface area contributed by atoms with Crippen molar-refractivity contribution in [1.82, 2.24) is 15.1 Å². The van der Waals surface area contributed by atoms with Gasteiger partial charge in [0.2, 0.25) is 5.91 Å². The van der Waals surface area contributed by atoms with Crippen LogP contribution >= 0.6 is 0 Å². The molecule has 0 bridgehead atoms. The van der Waals surface area contributed by atoms with Gasteiger partial charge in [-0.2, -0.15) is 13.2 Å². The van der Waals surface area contributed by atoms with Crippen molar-refractivity contribution < 1.29 is 27.5 Å². The number of rotatable bonds is 5. The third-order valence-electron chi connectivity index (χ3n) is 4.40. The van der Waals surface area contributed by atoms with Gasteiger partial charge >= 0.3 is 12.2 Å². The quantitative estimate of drug-likeness (QED) is 0.790. The minimum absolute atomic E-state index is 0.0490. The van der Waals surface area contributed by atoms with E-state index in [0.717, 1.165) is 12.1 Å². The number of benzene rings is 1. The number of likely N-dealkylation sites (tertiary alicyclic amines) is 1. The summed E-state index contributed by atoms with van der Waals surface area (Å²) in [4.78, 5) is 27.3. The van der Waals surface area contributed by atoms with E-state index in [1.54, 1.807) is 23.9 Å². The van der Waals surface area contributed by atoms with Crippen LogP contribution < -0.4 is 10.1 Å². The molecular formula is C18H24F3N3O3. The highest BCUT2D eigenvalue weighted by Gasteiger charge is 2.30. The van der Waals surface area contributed by atoms with Gasteiger partial charge in [-0.3, -0.25) is 4.79 Å². The van der Waals surface area contributed by atoms with E-state index in [9.17, 15) is 22.8 Å². The number of nitrogens with one attached hydrogen (secondary N) is 1. The molecule has 3 amide bonds. The minimum Gasteiger partial charge on any atom is -0.492 e. The third-order valence-corrected chi connectivity index (χ3v) is 4.40. The normalized spacial score (nSPS) is 15.4. The van der Waals surface area contributed by atoms with Crippen molar-refractivity contribution in [3.63, 3.8) is 0 Å². The standard InChI is InChI=1S/C18H24F3N3O3/c1-23(2)16(25)13-7-10-24(11-8-13)17(26)22-9-12-27-15-5-3-14(4-6-15)18(19,20)21/h3-6,13H,7-12H2,1-2H3,(H,22,26). The van der Waals surface area contributed by atoms with Gasteiger partial charge in [0.15, 0.2) is 0 Å². The Hall–Kier alpha value is -2.45. The summed E-state index contributed by atoms with van der Waals surface area (Å²) in [6, 6.07) is 4.16. The number of ether oxygens (including phenoxy) is 1. The SMILES string of the molecule is CN(C)C(=O)C1CCN(C(=O)NCCOc2ccc(C(F)(F)F)cc2)CC1. The Kier molecular flexibility index (Phi) is 6.92. The Morgan fingerprint density at radius 1 is 1.19 bits per heavy atom. The first-order valence-electron chi connectivity index (χ1n) is 8.72. The molecule has 0 aliphatic carbocycles. The van der Waals surface area contributed by atoms with E-state index in [1.165, 1.54) is 12.1 Å². The highest BCUT2D eigenvalue weighted by atomic mass is 19.4. The minimum atomic E-state index is -4.38. The first kappa shape index (κ1) is 20.9. The summed E-state index contributed by atoms with van der Waals surface area (Å²) >= 11 is 0. The van der Waals surface area contributed by atoms with E-state index in [0.29, 0.717) is 31.7 Å². The lowest BCUT2D eigenvalue weighted by atomic mass is 9.96. The first-order valence-corrected chi connectivity index (χ1v) is 8.72. The van der Waals surface area contributed by atoms with Crippen molar-refractivity contribution in [3.05, 3.63) is 29.8 Å². The molecule has 2 rings (SSSR count). The fourth-order valence-corrected chi connectivity index (χ4v) is 2.87. The van der Waals surface area contributed by atoms with Crippen LogP contribution in [0.25, 0.3) is 0 Å². The monoisotopic (exact) mass is 387 g/mol. The largest absolute Gasteiger partial charge is 0.492 e. The van der Waals surface area contributed by atoms with Crippen LogP contribution in [0.4, 0.5) is 18.0 Å². The van der Waals surface area contributed by atoms with Gasteiger partial charge in [0.25, 0.3) is 0 Å². The van der Waals surface area contributed by atoms with Crippen molar-refractivity contribution in [1.29, 1.82) is 0 Å². The van der Waals surface area contributed by atoms with Crippen LogP contribution in [-0.4, -0.2) is 62.1 Å². The zero-order valence-corrected chi connectivity index (χ0v) is 15.4. The number of urea groups is 1. The predicted molar refractivity (Wildman–Crippen MR) is 93.3 cm³/mol. The highest BCUT2D eigenvalue weighted by molar-refractivity contribution is 5.79. The van der Waals surface area contributed by atoms with Gasteiger partial charge < -0.3 is 19.9 Å². The number of halogens is 3. The molecule has 0 spiro atoms. The van der Waals surface area contributed by atoms with Crippen molar-refractivity contribution in [2.24, 2.45) is 5.92 Å². The molecule has 0 radical (unpaired) electrons. The zero-order valence-electron chi connectivity index (χ0n) is 15.4. The third kappa shape index (κ3) is 6.04. The van der Waals surface area contributed by atoms with Gasteiger partial charge in [-0.15, -0.1) is 0 Å². The molecule has 0 aromatic heterocycles. The summed E-state index contributed by atoms with van der Waals surface area (Å²) in [7, 11) is 3.44. The molecule has 150 valence electrons. The van der Waals surface area contributed by atoms with E-state index >= 15 is 0 Å². The molecule has 6 nitrogen and oxygen atoms in total. The molecule has 1 saturated heterocycles. The van der Waals surface area contributed by atoms with Gasteiger partial charge in [-0.05, 0) is 37.1 Å². The van der Waals surface area contributed by atoms with Crippen LogP contribution in [0.5, 0.6) is 5.75 Å². The number of alkyl halides is 3. The molecule has 0 unspecified atom stereocenters. The molecule has 9 heteroatoms. The van der Waals surface area contributed by atoms with E-state index < -0.39 is 11.7 Å². The smallest absolute Gasteiger partial charge is 0.416 e. The van der Waals surface area contributed by atoms with Crippen molar-refractivity contribution in [2.45, 2.75) is 19.0 Å². The Morgan fingerprint density at radius 2 is 1.78 bits per heavy atom. The number of hydrogen-bond donors (Lipinski definition) is 1. The second kappa shape index (κ2) is 8.96. The molecule has 0 saturated carbocycles. The summed E-state index contributed by atoms with van der Waals surface area (Å²) < 4.78 is 42.8. The molecule has 1 N–H and O–H groups in total. The molecule has 1 heterocycles. The van der Waals surface area contributed by atoms with Gasteiger partial charge in [0.1, 0.15) is 12.4 Å². The van der Waals surface area contributed by atoms with E-state index in [4.69, 9.17) is 4.74 Å². The summed E-state index contributed by atoms with van der Waals surface area (Å²) in [5.74, 6) is 0.340. The molecule has 1 aliphatic rings. The zero-order chi connectivity index (χ0) is 20.0. The second-order valence-corrected chi connectivity index (χ2v) is 6.60. The van der Waals surface area contributed by atoms with Gasteiger partial charge in [0.05, 0.1) is 12.1 Å². The maximum atomic E-state index is 12.5. The van der Waals surface area contributed by atoms with Crippen LogP contribution in [-0.2, 0) is 11.0 Å². The van der Waals surface area contributed by atoms with Crippen LogP contribution in [0.2, 0.25) is 0 Å².